The molecule has 1 rings (SSSR count). The molecule has 0 fully saturated rings. The number of aromatic nitrogens is 1. The van der Waals surface area contributed by atoms with Crippen molar-refractivity contribution in [1.82, 2.24) is 4.98 Å². The number of hydrogen-bond acceptors (Lipinski definition) is 2. The Bertz CT molecular complexity index is 260. The van der Waals surface area contributed by atoms with Crippen molar-refractivity contribution in [3.05, 3.63) is 10.4 Å². The third-order valence-electron chi connectivity index (χ3n) is 1.78. The molecule has 0 N–H and O–H groups in total. The molecular weight excluding hydrogens is 273 g/mol. The van der Waals surface area contributed by atoms with Gasteiger partial charge in [-0.25, -0.2) is 0 Å². The van der Waals surface area contributed by atoms with Crippen LogP contribution >= 0.6 is 11.3 Å². The van der Waals surface area contributed by atoms with Gasteiger partial charge in [-0.05, 0) is 0 Å². The van der Waals surface area contributed by atoms with Crippen LogP contribution in [0, 0.1) is 0 Å². The second kappa shape index (κ2) is 3.66. The van der Waals surface area contributed by atoms with Crippen molar-refractivity contribution < 1.29 is 0 Å². The van der Waals surface area contributed by atoms with E-state index in [0.717, 1.165) is 0 Å². The van der Waals surface area contributed by atoms with Gasteiger partial charge in [0, 0.05) is 0 Å². The summed E-state index contributed by atoms with van der Waals surface area (Å²) >= 11 is -0.0280. The Morgan fingerprint density at radius 2 is 1.92 bits per heavy atom. The monoisotopic (exact) mass is 291 g/mol. The standard InChI is InChI=1S/C6H8NS.3CH3.Sn/c1-5(2)6-7-3-4-8-6;;;;/h4-5H,1-2H3;3*1H3;. The topological polar surface area (TPSA) is 12.9 Å². The normalized spacial score (nSPS) is 12.5. The summed E-state index contributed by atoms with van der Waals surface area (Å²) in [4.78, 5) is 11.9. The molecular formula is C9H17NSSn. The van der Waals surface area contributed by atoms with Crippen LogP contribution in [0.1, 0.15) is 24.8 Å². The molecule has 0 aliphatic heterocycles. The second-order valence-electron chi connectivity index (χ2n) is 4.48. The molecule has 0 amide bonds. The molecule has 0 aromatic carbocycles. The van der Waals surface area contributed by atoms with Gasteiger partial charge in [-0.15, -0.1) is 0 Å². The van der Waals surface area contributed by atoms with E-state index < -0.39 is 18.4 Å². The maximum absolute atomic E-state index is 4.69. The molecule has 1 heterocycles. The van der Waals surface area contributed by atoms with Crippen LogP contribution in [0.5, 0.6) is 0 Å². The molecule has 1 nitrogen and oxygen atoms in total. The summed E-state index contributed by atoms with van der Waals surface area (Å²) in [5, 5.41) is 3.57. The molecule has 0 spiro atoms. The van der Waals surface area contributed by atoms with Gasteiger partial charge in [0.2, 0.25) is 0 Å². The molecule has 68 valence electrons. The van der Waals surface area contributed by atoms with Gasteiger partial charge in [0.15, 0.2) is 0 Å². The van der Waals surface area contributed by atoms with E-state index in [1.165, 1.54) is 8.72 Å². The molecule has 12 heavy (non-hydrogen) atoms. The summed E-state index contributed by atoms with van der Waals surface area (Å²) in [7, 11) is 0. The third-order valence-corrected chi connectivity index (χ3v) is 8.64. The van der Waals surface area contributed by atoms with Crippen LogP contribution in [0.2, 0.25) is 14.8 Å². The van der Waals surface area contributed by atoms with E-state index in [2.05, 4.69) is 34.0 Å². The Hall–Kier alpha value is 0.429. The third kappa shape index (κ3) is 2.46. The van der Waals surface area contributed by atoms with Crippen LogP contribution in [0.25, 0.3) is 0 Å². The van der Waals surface area contributed by atoms with E-state index in [4.69, 9.17) is 4.98 Å². The summed E-state index contributed by atoms with van der Waals surface area (Å²) in [6, 6.07) is 0. The molecule has 0 unspecified atom stereocenters. The number of hydrogen-bond donors (Lipinski definition) is 0. The molecule has 0 atom stereocenters. The molecule has 0 aliphatic rings. The first kappa shape index (κ1) is 10.5. The van der Waals surface area contributed by atoms with E-state index in [0.29, 0.717) is 5.92 Å². The van der Waals surface area contributed by atoms with E-state index in [9.17, 15) is 0 Å². The molecule has 1 aromatic heterocycles. The van der Waals surface area contributed by atoms with Crippen molar-refractivity contribution in [2.75, 3.05) is 0 Å². The van der Waals surface area contributed by atoms with Gasteiger partial charge in [-0.3, -0.25) is 0 Å². The van der Waals surface area contributed by atoms with Crippen molar-refractivity contribution in [3.8, 4) is 0 Å². The average Bonchev–Trinajstić information content (AvgIpc) is 2.30. The quantitative estimate of drug-likeness (QED) is 0.763. The Kier molecular flexibility index (Phi) is 3.21. The van der Waals surface area contributed by atoms with Crippen LogP contribution in [0.4, 0.5) is 0 Å². The Balaban J connectivity index is 2.92. The van der Waals surface area contributed by atoms with E-state index in [-0.39, 0.29) is 0 Å². The summed E-state index contributed by atoms with van der Waals surface area (Å²) in [6.45, 7) is 4.42. The first-order chi connectivity index (χ1) is 5.41. The molecule has 0 bridgehead atoms. The Labute approximate surface area is 83.1 Å². The maximum atomic E-state index is 4.69. The minimum absolute atomic E-state index is 0.595. The van der Waals surface area contributed by atoms with Gasteiger partial charge in [0.1, 0.15) is 0 Å². The van der Waals surface area contributed by atoms with Gasteiger partial charge in [-0.2, -0.15) is 0 Å². The van der Waals surface area contributed by atoms with Crippen LogP contribution < -0.4 is 3.71 Å². The fourth-order valence-electron chi connectivity index (χ4n) is 0.897. The fraction of sp³-hybridized carbons (Fsp3) is 0.667. The van der Waals surface area contributed by atoms with Crippen molar-refractivity contribution in [3.63, 3.8) is 0 Å². The predicted molar refractivity (Wildman–Crippen MR) is 59.2 cm³/mol. The summed E-state index contributed by atoms with van der Waals surface area (Å²) in [5.74, 6) is 0.595. The molecule has 1 aromatic rings. The summed E-state index contributed by atoms with van der Waals surface area (Å²) in [5.41, 5.74) is 0. The van der Waals surface area contributed by atoms with Crippen molar-refractivity contribution in [2.45, 2.75) is 34.6 Å². The van der Waals surface area contributed by atoms with Gasteiger partial charge in [-0.1, -0.05) is 0 Å². The zero-order valence-corrected chi connectivity index (χ0v) is 12.2. The van der Waals surface area contributed by atoms with Crippen molar-refractivity contribution >= 4 is 33.4 Å². The van der Waals surface area contributed by atoms with Gasteiger partial charge in [0.25, 0.3) is 0 Å². The molecule has 0 radical (unpaired) electrons. The zero-order valence-electron chi connectivity index (χ0n) is 8.51. The van der Waals surface area contributed by atoms with E-state index in [1.54, 1.807) is 0 Å². The fourth-order valence-corrected chi connectivity index (χ4v) is 7.02. The molecule has 0 aliphatic carbocycles. The van der Waals surface area contributed by atoms with E-state index >= 15 is 0 Å². The number of rotatable bonds is 2. The molecule has 3 heteroatoms. The van der Waals surface area contributed by atoms with Crippen molar-refractivity contribution in [2.24, 2.45) is 0 Å². The minimum atomic E-state index is -1.85. The first-order valence-electron chi connectivity index (χ1n) is 4.37. The first-order valence-corrected chi connectivity index (χ1v) is 15.2. The van der Waals surface area contributed by atoms with Crippen LogP contribution in [0.3, 0.4) is 0 Å². The SMILES string of the molecule is CC(C)c1n[c]([Sn]([CH3])([CH3])[CH3])cs1. The van der Waals surface area contributed by atoms with Gasteiger partial charge in [0.05, 0.1) is 0 Å². The molecule has 0 saturated carbocycles. The van der Waals surface area contributed by atoms with Crippen LogP contribution in [-0.4, -0.2) is 23.4 Å². The average molecular weight is 290 g/mol. The van der Waals surface area contributed by atoms with Crippen LogP contribution in [0.15, 0.2) is 5.38 Å². The Morgan fingerprint density at radius 3 is 2.17 bits per heavy atom. The number of thiazole rings is 1. The molecule has 0 saturated heterocycles. The van der Waals surface area contributed by atoms with Crippen LogP contribution in [-0.2, 0) is 0 Å². The summed E-state index contributed by atoms with van der Waals surface area (Å²) in [6.07, 6.45) is 0. The van der Waals surface area contributed by atoms with E-state index in [1.807, 2.05) is 11.3 Å². The Morgan fingerprint density at radius 1 is 1.33 bits per heavy atom. The predicted octanol–water partition coefficient (Wildman–Crippen LogP) is 2.81. The second-order valence-corrected chi connectivity index (χ2v) is 19.7. The summed E-state index contributed by atoms with van der Waals surface area (Å²) < 4.78 is 1.43. The van der Waals surface area contributed by atoms with Gasteiger partial charge < -0.3 is 0 Å². The van der Waals surface area contributed by atoms with Crippen molar-refractivity contribution in [1.29, 1.82) is 0 Å². The zero-order chi connectivity index (χ0) is 9.35. The number of nitrogens with zero attached hydrogens (tertiary/aromatic N) is 1. The van der Waals surface area contributed by atoms with Gasteiger partial charge >= 0.3 is 83.4 Å².